The number of carbonyl (C=O) groups is 2. The number of aryl methyl sites for hydroxylation is 1. The van der Waals surface area contributed by atoms with Gasteiger partial charge in [0.2, 0.25) is 11.6 Å². The molecule has 1 aromatic rings. The van der Waals surface area contributed by atoms with Gasteiger partial charge in [0, 0.05) is 39.3 Å². The summed E-state index contributed by atoms with van der Waals surface area (Å²) in [6.45, 7) is 6.55. The molecule has 1 unspecified atom stereocenters. The first-order valence-electron chi connectivity index (χ1n) is 16.7. The molecule has 0 aliphatic rings. The van der Waals surface area contributed by atoms with E-state index in [-0.39, 0.29) is 19.8 Å². The first-order valence-corrected chi connectivity index (χ1v) is 16.7. The van der Waals surface area contributed by atoms with Crippen molar-refractivity contribution in [3.05, 3.63) is 30.1 Å². The van der Waals surface area contributed by atoms with Crippen LogP contribution >= 0.6 is 0 Å². The number of hydrogen-bond donors (Lipinski definition) is 0. The highest BCUT2D eigenvalue weighted by atomic mass is 16.6. The number of carbonyl (C=O) groups excluding carboxylic acids is 2. The molecule has 246 valence electrons. The molecule has 1 aromatic heterocycles. The molecule has 1 rings (SSSR count). The summed E-state index contributed by atoms with van der Waals surface area (Å²) in [6, 6.07) is 5.60. The normalized spacial score (nSPS) is 12.2. The van der Waals surface area contributed by atoms with Crippen molar-refractivity contribution in [1.82, 2.24) is 4.90 Å². The SMILES string of the molecule is CCCCCCCCCCCCCCCCCCN=C([O-])OCC(COC(=O)N(Cc1cccc[n+]1CC)C(C)=O)OC. The zero-order valence-electron chi connectivity index (χ0n) is 27.5. The van der Waals surface area contributed by atoms with Crippen molar-refractivity contribution in [1.29, 1.82) is 0 Å². The summed E-state index contributed by atoms with van der Waals surface area (Å²) in [5, 5.41) is 12.0. The maximum absolute atomic E-state index is 12.6. The molecule has 9 nitrogen and oxygen atoms in total. The van der Waals surface area contributed by atoms with Gasteiger partial charge in [-0.15, -0.1) is 0 Å². The Morgan fingerprint density at radius 2 is 1.37 bits per heavy atom. The number of methoxy groups -OCH3 is 1. The summed E-state index contributed by atoms with van der Waals surface area (Å²) in [6.07, 6.45) is 20.6. The largest absolute Gasteiger partial charge is 0.598 e. The zero-order chi connectivity index (χ0) is 31.5. The summed E-state index contributed by atoms with van der Waals surface area (Å²) >= 11 is 0. The van der Waals surface area contributed by atoms with Gasteiger partial charge < -0.3 is 19.3 Å². The van der Waals surface area contributed by atoms with Gasteiger partial charge in [0.25, 0.3) is 0 Å². The molecule has 9 heteroatoms. The van der Waals surface area contributed by atoms with E-state index in [4.69, 9.17) is 14.2 Å². The smallest absolute Gasteiger partial charge is 0.417 e. The number of imide groups is 1. The van der Waals surface area contributed by atoms with Crippen molar-refractivity contribution in [2.24, 2.45) is 4.99 Å². The monoisotopic (exact) mass is 605 g/mol. The lowest BCUT2D eigenvalue weighted by Crippen LogP contribution is -2.43. The number of ether oxygens (including phenoxy) is 3. The quantitative estimate of drug-likeness (QED) is 0.0546. The minimum atomic E-state index is -0.777. The summed E-state index contributed by atoms with van der Waals surface area (Å²) in [5.41, 5.74) is 0.806. The Kier molecular flexibility index (Phi) is 23.0. The third-order valence-electron chi connectivity index (χ3n) is 7.67. The molecule has 0 N–H and O–H groups in total. The van der Waals surface area contributed by atoms with Gasteiger partial charge in [-0.3, -0.25) is 9.79 Å². The number of nitrogens with zero attached hydrogens (tertiary/aromatic N) is 3. The standard InChI is InChI=1S/C34H59N3O6/c1-5-7-8-9-10-11-12-13-14-15-16-17-18-19-20-22-25-35-33(39)42-28-32(41-4)29-43-34(40)37(30(3)38)27-31-24-21-23-26-36(31)6-2/h21,23-24,26,32H,5-20,22,25,27-29H2,1-4H3. The Balaban J connectivity index is 2.13. The molecular formula is C34H59N3O6. The van der Waals surface area contributed by atoms with E-state index in [0.29, 0.717) is 13.1 Å². The van der Waals surface area contributed by atoms with Gasteiger partial charge in [-0.25, -0.2) is 14.3 Å². The molecule has 1 atom stereocenters. The number of aromatic nitrogens is 1. The molecule has 0 radical (unpaired) electrons. The fourth-order valence-electron chi connectivity index (χ4n) is 4.90. The van der Waals surface area contributed by atoms with Crippen molar-refractivity contribution in [3.63, 3.8) is 0 Å². The number of aliphatic imine (C=N–C) groups is 1. The molecule has 0 saturated carbocycles. The predicted molar refractivity (Wildman–Crippen MR) is 168 cm³/mol. The van der Waals surface area contributed by atoms with E-state index in [1.54, 1.807) is 0 Å². The van der Waals surface area contributed by atoms with Crippen LogP contribution in [-0.2, 0) is 32.1 Å². The highest BCUT2D eigenvalue weighted by Crippen LogP contribution is 2.14. The molecule has 1 heterocycles. The number of unbranched alkanes of at least 4 members (excludes halogenated alkanes) is 15. The third-order valence-corrected chi connectivity index (χ3v) is 7.67. The van der Waals surface area contributed by atoms with E-state index < -0.39 is 24.2 Å². The maximum atomic E-state index is 12.6. The average molecular weight is 606 g/mol. The molecule has 0 saturated heterocycles. The van der Waals surface area contributed by atoms with Crippen LogP contribution in [0.5, 0.6) is 0 Å². The number of amides is 2. The lowest BCUT2D eigenvalue weighted by Gasteiger charge is -2.23. The second kappa shape index (κ2) is 25.8. The zero-order valence-corrected chi connectivity index (χ0v) is 27.5. The van der Waals surface area contributed by atoms with E-state index in [9.17, 15) is 14.7 Å². The molecule has 0 aliphatic heterocycles. The van der Waals surface area contributed by atoms with Crippen molar-refractivity contribution in [2.45, 2.75) is 143 Å². The van der Waals surface area contributed by atoms with Crippen LogP contribution in [0, 0.1) is 0 Å². The van der Waals surface area contributed by atoms with Gasteiger partial charge in [0.1, 0.15) is 31.9 Å². The second-order valence-electron chi connectivity index (χ2n) is 11.3. The molecule has 43 heavy (non-hydrogen) atoms. The predicted octanol–water partition coefficient (Wildman–Crippen LogP) is 6.49. The lowest BCUT2D eigenvalue weighted by atomic mass is 10.0. The Bertz CT molecular complexity index is 895. The van der Waals surface area contributed by atoms with Crippen LogP contribution in [0.15, 0.2) is 29.4 Å². The fraction of sp³-hybridized carbons (Fsp3) is 0.765. The van der Waals surface area contributed by atoms with Crippen LogP contribution in [0.3, 0.4) is 0 Å². The first kappa shape index (κ1) is 38.3. The Morgan fingerprint density at radius 1 is 0.837 bits per heavy atom. The minimum Gasteiger partial charge on any atom is -0.598 e. The molecule has 0 fully saturated rings. The fourth-order valence-corrected chi connectivity index (χ4v) is 4.90. The van der Waals surface area contributed by atoms with Gasteiger partial charge in [0.15, 0.2) is 6.20 Å². The van der Waals surface area contributed by atoms with Crippen LogP contribution in [0.2, 0.25) is 0 Å². The molecular weight excluding hydrogens is 546 g/mol. The topological polar surface area (TPSA) is 104 Å². The summed E-state index contributed by atoms with van der Waals surface area (Å²) in [4.78, 5) is 29.7. The molecule has 2 amide bonds. The van der Waals surface area contributed by atoms with Crippen LogP contribution in [-0.4, -0.2) is 56.0 Å². The highest BCUT2D eigenvalue weighted by Gasteiger charge is 2.24. The highest BCUT2D eigenvalue weighted by molar-refractivity contribution is 5.90. The van der Waals surface area contributed by atoms with E-state index in [1.807, 2.05) is 35.9 Å². The summed E-state index contributed by atoms with van der Waals surface area (Å²) in [7, 11) is 1.44. The third kappa shape index (κ3) is 19.3. The van der Waals surface area contributed by atoms with E-state index in [0.717, 1.165) is 23.4 Å². The van der Waals surface area contributed by atoms with Crippen LogP contribution in [0.4, 0.5) is 4.79 Å². The number of hydrogen-bond acceptors (Lipinski definition) is 7. The number of pyridine rings is 1. The second-order valence-corrected chi connectivity index (χ2v) is 11.3. The molecule has 0 aliphatic carbocycles. The summed E-state index contributed by atoms with van der Waals surface area (Å²) < 4.78 is 17.7. The van der Waals surface area contributed by atoms with Gasteiger partial charge in [-0.1, -0.05) is 109 Å². The van der Waals surface area contributed by atoms with Crippen LogP contribution in [0.1, 0.15) is 129 Å². The van der Waals surface area contributed by atoms with Crippen molar-refractivity contribution in [2.75, 3.05) is 26.9 Å². The number of rotatable bonds is 25. The van der Waals surface area contributed by atoms with Gasteiger partial charge in [-0.05, 0) is 13.3 Å². The van der Waals surface area contributed by atoms with Crippen LogP contribution in [0.25, 0.3) is 0 Å². The maximum Gasteiger partial charge on any atom is 0.417 e. The Morgan fingerprint density at radius 3 is 1.88 bits per heavy atom. The minimum absolute atomic E-state index is 0.0910. The van der Waals surface area contributed by atoms with E-state index >= 15 is 0 Å². The summed E-state index contributed by atoms with van der Waals surface area (Å²) in [5.74, 6) is -0.426. The average Bonchev–Trinajstić information content (AvgIpc) is 3.01. The van der Waals surface area contributed by atoms with Gasteiger partial charge >= 0.3 is 6.09 Å². The van der Waals surface area contributed by atoms with Gasteiger partial charge in [-0.2, -0.15) is 0 Å². The Labute approximate surface area is 261 Å². The Hall–Kier alpha value is -2.68. The molecule has 0 aromatic carbocycles. The lowest BCUT2D eigenvalue weighted by molar-refractivity contribution is -0.701. The van der Waals surface area contributed by atoms with Crippen molar-refractivity contribution >= 4 is 18.1 Å². The van der Waals surface area contributed by atoms with Crippen LogP contribution < -0.4 is 9.67 Å². The molecule has 0 spiro atoms. The van der Waals surface area contributed by atoms with Crippen molar-refractivity contribution in [3.8, 4) is 0 Å². The van der Waals surface area contributed by atoms with E-state index in [1.165, 1.54) is 104 Å². The van der Waals surface area contributed by atoms with Crippen molar-refractivity contribution < 1.29 is 33.5 Å². The first-order chi connectivity index (χ1) is 20.9. The van der Waals surface area contributed by atoms with E-state index in [2.05, 4.69) is 11.9 Å². The van der Waals surface area contributed by atoms with Gasteiger partial charge in [0.05, 0.1) is 0 Å². The molecule has 0 bridgehead atoms.